The lowest BCUT2D eigenvalue weighted by atomic mass is 9.73. The molecule has 0 spiro atoms. The molecule has 2 atom stereocenters. The van der Waals surface area contributed by atoms with Gasteiger partial charge in [0.1, 0.15) is 6.04 Å². The maximum Gasteiger partial charge on any atom is 0.326 e. The number of nitrogens with one attached hydrogen (secondary N) is 1. The molecule has 0 heterocycles. The summed E-state index contributed by atoms with van der Waals surface area (Å²) in [5.41, 5.74) is -0.565. The second-order valence-corrected chi connectivity index (χ2v) is 13.3. The third-order valence-electron chi connectivity index (χ3n) is 9.26. The van der Waals surface area contributed by atoms with Gasteiger partial charge in [0.15, 0.2) is 0 Å². The Morgan fingerprint density at radius 1 is 0.512 bits per heavy atom. The zero-order valence-electron chi connectivity index (χ0n) is 28.7. The number of rotatable bonds is 33. The molecule has 3 N–H and O–H groups in total. The molecule has 0 aromatic carbocycles. The largest absolute Gasteiger partial charge is 0.481 e. The smallest absolute Gasteiger partial charge is 0.326 e. The van der Waals surface area contributed by atoms with Crippen molar-refractivity contribution >= 4 is 17.8 Å². The number of carbonyl (C=O) groups excluding carboxylic acids is 1. The van der Waals surface area contributed by atoms with Crippen molar-refractivity contribution < 1.29 is 24.6 Å². The minimum atomic E-state index is -1.15. The summed E-state index contributed by atoms with van der Waals surface area (Å²) in [6.45, 7) is 6.70. The number of carboxylic acids is 2. The predicted molar refractivity (Wildman–Crippen MR) is 181 cm³/mol. The van der Waals surface area contributed by atoms with Gasteiger partial charge in [-0.25, -0.2) is 4.79 Å². The van der Waals surface area contributed by atoms with Crippen LogP contribution in [0.1, 0.15) is 207 Å². The van der Waals surface area contributed by atoms with Crippen LogP contribution < -0.4 is 5.32 Å². The summed E-state index contributed by atoms with van der Waals surface area (Å²) in [6, 6.07) is -1.15. The van der Waals surface area contributed by atoms with Crippen LogP contribution in [-0.2, 0) is 14.4 Å². The Labute approximate surface area is 266 Å². The van der Waals surface area contributed by atoms with Gasteiger partial charge in [0.05, 0.1) is 0 Å². The molecule has 0 saturated carbocycles. The van der Waals surface area contributed by atoms with Gasteiger partial charge in [0.25, 0.3) is 0 Å². The monoisotopic (exact) mass is 610 g/mol. The molecule has 0 aliphatic rings. The first kappa shape index (κ1) is 41.4. The van der Waals surface area contributed by atoms with Gasteiger partial charge in [0.2, 0.25) is 5.91 Å². The quantitative estimate of drug-likeness (QED) is 0.0642. The Morgan fingerprint density at radius 3 is 1.09 bits per heavy atom. The lowest BCUT2D eigenvalue weighted by Crippen LogP contribution is -2.49. The highest BCUT2D eigenvalue weighted by Crippen LogP contribution is 2.38. The summed E-state index contributed by atoms with van der Waals surface area (Å²) in [5, 5.41) is 21.8. The Morgan fingerprint density at radius 2 is 0.814 bits per heavy atom. The third kappa shape index (κ3) is 23.5. The first-order valence-electron chi connectivity index (χ1n) is 18.6. The molecule has 1 amide bonds. The summed E-state index contributed by atoms with van der Waals surface area (Å²) in [7, 11) is 0. The molecule has 0 saturated heterocycles. The molecule has 6 nitrogen and oxygen atoms in total. The minimum Gasteiger partial charge on any atom is -0.481 e. The lowest BCUT2D eigenvalue weighted by Gasteiger charge is -2.34. The van der Waals surface area contributed by atoms with Gasteiger partial charge in [-0.2, -0.15) is 0 Å². The highest BCUT2D eigenvalue weighted by Gasteiger charge is 2.38. The van der Waals surface area contributed by atoms with Crippen LogP contribution >= 0.6 is 0 Å². The van der Waals surface area contributed by atoms with Crippen molar-refractivity contribution in [3.8, 4) is 0 Å². The van der Waals surface area contributed by atoms with E-state index in [1.807, 2.05) is 0 Å². The van der Waals surface area contributed by atoms with Crippen LogP contribution in [0.3, 0.4) is 0 Å². The van der Waals surface area contributed by atoms with Crippen LogP contribution in [0.5, 0.6) is 0 Å². The maximum atomic E-state index is 14.0. The first-order valence-corrected chi connectivity index (χ1v) is 18.6. The molecular weight excluding hydrogens is 538 g/mol. The summed E-state index contributed by atoms with van der Waals surface area (Å²) in [4.78, 5) is 37.1. The van der Waals surface area contributed by atoms with Crippen molar-refractivity contribution in [1.82, 2.24) is 5.32 Å². The lowest BCUT2D eigenvalue weighted by molar-refractivity contribution is -0.145. The molecule has 0 aliphatic carbocycles. The Bertz CT molecular complexity index is 682. The normalized spacial score (nSPS) is 13.5. The molecule has 0 aromatic rings. The number of unbranched alkanes of at least 4 members (excludes halogenated alkanes) is 21. The van der Waals surface area contributed by atoms with E-state index in [0.29, 0.717) is 0 Å². The Balaban J connectivity index is 5.38. The van der Waals surface area contributed by atoms with Crippen LogP contribution in [0.2, 0.25) is 0 Å². The average Bonchev–Trinajstić information content (AvgIpc) is 2.98. The summed E-state index contributed by atoms with van der Waals surface area (Å²) in [6.07, 6.45) is 31.1. The highest BCUT2D eigenvalue weighted by atomic mass is 16.4. The molecule has 43 heavy (non-hydrogen) atoms. The van der Waals surface area contributed by atoms with E-state index in [9.17, 15) is 19.5 Å². The van der Waals surface area contributed by atoms with Crippen LogP contribution in [0, 0.1) is 5.41 Å². The zero-order valence-corrected chi connectivity index (χ0v) is 28.7. The summed E-state index contributed by atoms with van der Waals surface area (Å²) < 4.78 is 0. The van der Waals surface area contributed by atoms with E-state index < -0.39 is 23.4 Å². The van der Waals surface area contributed by atoms with Crippen molar-refractivity contribution in [3.05, 3.63) is 0 Å². The van der Waals surface area contributed by atoms with Crippen LogP contribution in [0.15, 0.2) is 0 Å². The molecule has 0 bridgehead atoms. The number of carboxylic acid groups (broad SMARTS) is 2. The molecular formula is C37H71NO5. The van der Waals surface area contributed by atoms with E-state index in [-0.39, 0.29) is 18.7 Å². The molecule has 6 heteroatoms. The zero-order chi connectivity index (χ0) is 32.0. The van der Waals surface area contributed by atoms with Crippen molar-refractivity contribution in [2.45, 2.75) is 213 Å². The molecule has 254 valence electrons. The van der Waals surface area contributed by atoms with E-state index in [1.165, 1.54) is 116 Å². The van der Waals surface area contributed by atoms with Crippen molar-refractivity contribution in [2.24, 2.45) is 5.41 Å². The number of carbonyl (C=O) groups is 3. The van der Waals surface area contributed by atoms with Crippen LogP contribution in [0.4, 0.5) is 0 Å². The molecule has 1 unspecified atom stereocenters. The van der Waals surface area contributed by atoms with Gasteiger partial charge in [-0.3, -0.25) is 9.59 Å². The Hall–Kier alpha value is -1.59. The van der Waals surface area contributed by atoms with E-state index in [0.717, 1.165) is 57.8 Å². The molecule has 0 rings (SSSR count). The standard InChI is InChI=1S/C37H71NO5/c1-4-7-10-13-16-18-19-21-24-27-32-37(30-25-22-15-12-9-6-3,31-26-23-20-17-14-11-8-5-2)36(43)38-33(35(41)42)28-29-34(39)40/h33H,4-32H2,1-3H3,(H,38,43)(H,39,40)(H,41,42)/t33-,37?/m0/s1. The maximum absolute atomic E-state index is 14.0. The number of hydrogen-bond acceptors (Lipinski definition) is 3. The van der Waals surface area contributed by atoms with Crippen LogP contribution in [0.25, 0.3) is 0 Å². The van der Waals surface area contributed by atoms with Gasteiger partial charge in [-0.05, 0) is 25.7 Å². The molecule has 0 aromatic heterocycles. The van der Waals surface area contributed by atoms with E-state index >= 15 is 0 Å². The average molecular weight is 610 g/mol. The van der Waals surface area contributed by atoms with Gasteiger partial charge in [0, 0.05) is 11.8 Å². The Kier molecular flexibility index (Phi) is 28.1. The predicted octanol–water partition coefficient (Wildman–Crippen LogP) is 11.0. The number of aliphatic carboxylic acids is 2. The molecule has 0 radical (unpaired) electrons. The molecule has 0 fully saturated rings. The fourth-order valence-electron chi connectivity index (χ4n) is 6.34. The van der Waals surface area contributed by atoms with E-state index in [1.54, 1.807) is 0 Å². The van der Waals surface area contributed by atoms with Gasteiger partial charge < -0.3 is 15.5 Å². The fraction of sp³-hybridized carbons (Fsp3) is 0.919. The number of amides is 1. The van der Waals surface area contributed by atoms with Crippen molar-refractivity contribution in [2.75, 3.05) is 0 Å². The van der Waals surface area contributed by atoms with Gasteiger partial charge in [-0.15, -0.1) is 0 Å². The van der Waals surface area contributed by atoms with Crippen molar-refractivity contribution in [3.63, 3.8) is 0 Å². The summed E-state index contributed by atoms with van der Waals surface area (Å²) >= 11 is 0. The van der Waals surface area contributed by atoms with E-state index in [4.69, 9.17) is 5.11 Å². The molecule has 0 aliphatic heterocycles. The SMILES string of the molecule is CCCCCCCCCCCCC(CCCCCCCC)(CCCCCCCCCC)C(=O)N[C@@H](CCC(=O)O)C(=O)O. The second-order valence-electron chi connectivity index (χ2n) is 13.3. The van der Waals surface area contributed by atoms with Crippen LogP contribution in [-0.4, -0.2) is 34.1 Å². The van der Waals surface area contributed by atoms with Gasteiger partial charge in [-0.1, -0.05) is 175 Å². The summed E-state index contributed by atoms with van der Waals surface area (Å²) in [5.74, 6) is -2.34. The highest BCUT2D eigenvalue weighted by molar-refractivity contribution is 5.87. The topological polar surface area (TPSA) is 104 Å². The third-order valence-corrected chi connectivity index (χ3v) is 9.26. The van der Waals surface area contributed by atoms with Gasteiger partial charge >= 0.3 is 11.9 Å². The van der Waals surface area contributed by atoms with E-state index in [2.05, 4.69) is 26.1 Å². The number of hydrogen-bond donors (Lipinski definition) is 3. The van der Waals surface area contributed by atoms with Crippen molar-refractivity contribution in [1.29, 1.82) is 0 Å². The minimum absolute atomic E-state index is 0.0838. The second kappa shape index (κ2) is 29.1. The fourth-order valence-corrected chi connectivity index (χ4v) is 6.34. The first-order chi connectivity index (χ1) is 20.8.